The molecule has 3 rings (SSSR count). The predicted octanol–water partition coefficient (Wildman–Crippen LogP) is 4.37. The van der Waals surface area contributed by atoms with E-state index < -0.39 is 8.41 Å². The van der Waals surface area contributed by atoms with Gasteiger partial charge >= 0.3 is 0 Å². The summed E-state index contributed by atoms with van der Waals surface area (Å²) in [4.78, 5) is 0. The molecule has 3 aromatic carbocycles. The Morgan fingerprint density at radius 1 is 0.800 bits per heavy atom. The predicted molar refractivity (Wildman–Crippen MR) is 86.5 cm³/mol. The van der Waals surface area contributed by atoms with Gasteiger partial charge in [0.25, 0.3) is 8.41 Å². The van der Waals surface area contributed by atoms with E-state index in [-0.39, 0.29) is 0 Å². The minimum absolute atomic E-state index is 0.530. The Morgan fingerprint density at radius 2 is 1.45 bits per heavy atom. The highest BCUT2D eigenvalue weighted by Crippen LogP contribution is 2.19. The van der Waals surface area contributed by atoms with Gasteiger partial charge in [-0.25, -0.2) is 0 Å². The molecule has 0 heterocycles. The highest BCUT2D eigenvalue weighted by atomic mass is 28.4. The van der Waals surface area contributed by atoms with Crippen LogP contribution < -0.4 is 5.19 Å². The molecule has 3 aromatic rings. The van der Waals surface area contributed by atoms with E-state index in [0.717, 1.165) is 21.5 Å². The Morgan fingerprint density at radius 3 is 2.25 bits per heavy atom. The molecule has 0 fully saturated rings. The molecule has 0 saturated heterocycles. The zero-order valence-electron chi connectivity index (χ0n) is 11.5. The fourth-order valence-corrected chi connectivity index (χ4v) is 5.18. The molecule has 0 aromatic heterocycles. The van der Waals surface area contributed by atoms with Crippen LogP contribution in [0.4, 0.5) is 4.11 Å². The van der Waals surface area contributed by atoms with Crippen LogP contribution in [0.2, 0.25) is 6.55 Å². The van der Waals surface area contributed by atoms with Crippen molar-refractivity contribution in [2.24, 2.45) is 0 Å². The molecule has 0 aliphatic heterocycles. The molecule has 0 aliphatic carbocycles. The highest BCUT2D eigenvalue weighted by molar-refractivity contribution is 6.86. The Labute approximate surface area is 120 Å². The number of fused-ring (bicyclic) bond motifs is 1. The summed E-state index contributed by atoms with van der Waals surface area (Å²) in [5, 5.41) is 3.08. The summed E-state index contributed by atoms with van der Waals surface area (Å²) >= 11 is 0. The maximum Gasteiger partial charge on any atom is 0.279 e. The minimum Gasteiger partial charge on any atom is -0.308 e. The molecule has 0 nitrogen and oxygen atoms in total. The number of hydrogen-bond donors (Lipinski definition) is 0. The number of halogens is 1. The van der Waals surface area contributed by atoms with Crippen LogP contribution in [0.3, 0.4) is 0 Å². The van der Waals surface area contributed by atoms with Crippen LogP contribution in [0.15, 0.2) is 72.8 Å². The van der Waals surface area contributed by atoms with Crippen LogP contribution in [0.1, 0.15) is 5.56 Å². The number of rotatable bonds is 3. The third-order valence-corrected chi connectivity index (χ3v) is 6.36. The monoisotopic (exact) mass is 280 g/mol. The second-order valence-electron chi connectivity index (χ2n) is 5.39. The topological polar surface area (TPSA) is 0 Å². The fraction of sp³-hybridized carbons (Fsp3) is 0.111. The summed E-state index contributed by atoms with van der Waals surface area (Å²) in [6.07, 6.45) is 0. The van der Waals surface area contributed by atoms with Crippen LogP contribution in [0, 0.1) is 0 Å². The summed E-state index contributed by atoms with van der Waals surface area (Å²) in [6, 6.07) is 24.5. The zero-order chi connectivity index (χ0) is 14.0. The van der Waals surface area contributed by atoms with Crippen molar-refractivity contribution >= 4 is 24.4 Å². The average molecular weight is 280 g/mol. The smallest absolute Gasteiger partial charge is 0.279 e. The number of hydrogen-bond acceptors (Lipinski definition) is 0. The first-order chi connectivity index (χ1) is 9.67. The Balaban J connectivity index is 2.05. The van der Waals surface area contributed by atoms with Crippen molar-refractivity contribution in [2.75, 3.05) is 0 Å². The van der Waals surface area contributed by atoms with Crippen molar-refractivity contribution in [3.63, 3.8) is 0 Å². The van der Waals surface area contributed by atoms with E-state index in [1.54, 1.807) is 0 Å². The SMILES string of the molecule is C[Si](F)(Cc1ccccc1)c1cccc2ccccc12. The molecule has 100 valence electrons. The second-order valence-corrected chi connectivity index (χ2v) is 8.67. The minimum atomic E-state index is -2.98. The normalized spacial score (nSPS) is 14.1. The average Bonchev–Trinajstić information content (AvgIpc) is 2.47. The highest BCUT2D eigenvalue weighted by Gasteiger charge is 2.32. The fourth-order valence-electron chi connectivity index (χ4n) is 2.75. The van der Waals surface area contributed by atoms with Gasteiger partial charge in [-0.3, -0.25) is 0 Å². The summed E-state index contributed by atoms with van der Waals surface area (Å²) in [5.74, 6) is 0. The van der Waals surface area contributed by atoms with E-state index in [4.69, 9.17) is 0 Å². The Hall–Kier alpha value is -1.93. The van der Waals surface area contributed by atoms with Gasteiger partial charge in [0.15, 0.2) is 0 Å². The van der Waals surface area contributed by atoms with Gasteiger partial charge in [-0.05, 0) is 34.1 Å². The van der Waals surface area contributed by atoms with Gasteiger partial charge in [0.1, 0.15) is 0 Å². The molecule has 0 bridgehead atoms. The lowest BCUT2D eigenvalue weighted by atomic mass is 10.1. The summed E-state index contributed by atoms with van der Waals surface area (Å²) in [5.41, 5.74) is 1.08. The molecule has 1 unspecified atom stereocenters. The molecular weight excluding hydrogens is 263 g/mol. The first-order valence-corrected chi connectivity index (χ1v) is 9.46. The van der Waals surface area contributed by atoms with Crippen molar-refractivity contribution in [1.82, 2.24) is 0 Å². The zero-order valence-corrected chi connectivity index (χ0v) is 12.5. The van der Waals surface area contributed by atoms with Gasteiger partial charge in [-0.2, -0.15) is 0 Å². The number of benzene rings is 3. The van der Waals surface area contributed by atoms with Gasteiger partial charge in [0, 0.05) is 0 Å². The molecule has 0 spiro atoms. The Bertz CT molecular complexity index is 714. The third-order valence-electron chi connectivity index (χ3n) is 3.73. The van der Waals surface area contributed by atoms with E-state index in [2.05, 4.69) is 0 Å². The van der Waals surface area contributed by atoms with Crippen molar-refractivity contribution < 1.29 is 4.11 Å². The summed E-state index contributed by atoms with van der Waals surface area (Å²) in [6.45, 7) is 1.81. The van der Waals surface area contributed by atoms with Gasteiger partial charge in [0.05, 0.1) is 0 Å². The van der Waals surface area contributed by atoms with Crippen LogP contribution in [0.5, 0.6) is 0 Å². The quantitative estimate of drug-likeness (QED) is 0.493. The first kappa shape index (κ1) is 13.1. The lowest BCUT2D eigenvalue weighted by Crippen LogP contribution is -2.43. The van der Waals surface area contributed by atoms with E-state index in [0.29, 0.717) is 6.04 Å². The molecule has 1 atom stereocenters. The molecule has 0 amide bonds. The third kappa shape index (κ3) is 2.52. The lowest BCUT2D eigenvalue weighted by Gasteiger charge is -2.20. The molecule has 0 saturated carbocycles. The maximum atomic E-state index is 15.4. The largest absolute Gasteiger partial charge is 0.308 e. The van der Waals surface area contributed by atoms with Crippen LogP contribution in [-0.2, 0) is 6.04 Å². The van der Waals surface area contributed by atoms with E-state index in [9.17, 15) is 0 Å². The second kappa shape index (κ2) is 5.21. The lowest BCUT2D eigenvalue weighted by molar-refractivity contribution is 0.800. The van der Waals surface area contributed by atoms with Crippen LogP contribution in [0.25, 0.3) is 10.8 Å². The van der Waals surface area contributed by atoms with Crippen LogP contribution >= 0.6 is 0 Å². The van der Waals surface area contributed by atoms with Crippen molar-refractivity contribution in [3.8, 4) is 0 Å². The van der Waals surface area contributed by atoms with Crippen molar-refractivity contribution in [3.05, 3.63) is 78.4 Å². The van der Waals surface area contributed by atoms with E-state index in [1.807, 2.05) is 79.3 Å². The summed E-state index contributed by atoms with van der Waals surface area (Å²) < 4.78 is 15.4. The van der Waals surface area contributed by atoms with Gasteiger partial charge in [-0.15, -0.1) is 0 Å². The molecule has 20 heavy (non-hydrogen) atoms. The standard InChI is InChI=1S/C18H17FSi/c1-20(19,14-15-8-3-2-4-9-15)18-13-7-11-16-10-5-6-12-17(16)18/h2-13H,14H2,1H3. The molecule has 2 heteroatoms. The molecule has 0 N–H and O–H groups in total. The molecule has 0 radical (unpaired) electrons. The van der Waals surface area contributed by atoms with Gasteiger partial charge < -0.3 is 4.11 Å². The molecular formula is C18H17FSi. The van der Waals surface area contributed by atoms with Crippen molar-refractivity contribution in [1.29, 1.82) is 0 Å². The van der Waals surface area contributed by atoms with Crippen LogP contribution in [-0.4, -0.2) is 8.41 Å². The van der Waals surface area contributed by atoms with E-state index in [1.165, 1.54) is 0 Å². The van der Waals surface area contributed by atoms with Gasteiger partial charge in [-0.1, -0.05) is 72.8 Å². The van der Waals surface area contributed by atoms with E-state index >= 15 is 4.11 Å². The maximum absolute atomic E-state index is 15.4. The molecule has 0 aliphatic rings. The first-order valence-electron chi connectivity index (χ1n) is 6.88. The van der Waals surface area contributed by atoms with Gasteiger partial charge in [0.2, 0.25) is 0 Å². The Kier molecular flexibility index (Phi) is 3.41. The van der Waals surface area contributed by atoms with Crippen molar-refractivity contribution in [2.45, 2.75) is 12.6 Å². The summed E-state index contributed by atoms with van der Waals surface area (Å²) in [7, 11) is -2.98.